The van der Waals surface area contributed by atoms with Crippen LogP contribution in [0.25, 0.3) is 28.3 Å². The summed E-state index contributed by atoms with van der Waals surface area (Å²) in [7, 11) is 5.82. The molecular formula is C35H34N6O2. The second-order valence-corrected chi connectivity index (χ2v) is 10.5. The molecule has 3 heterocycles. The second kappa shape index (κ2) is 12.8. The van der Waals surface area contributed by atoms with E-state index in [-0.39, 0.29) is 0 Å². The summed E-state index contributed by atoms with van der Waals surface area (Å²) in [4.78, 5) is 16.6. The van der Waals surface area contributed by atoms with Crippen LogP contribution in [0, 0.1) is 0 Å². The highest BCUT2D eigenvalue weighted by atomic mass is 16.5. The number of aromatic nitrogens is 4. The predicted molar refractivity (Wildman–Crippen MR) is 171 cm³/mol. The standard InChI is InChI=1S/C35H34N6O2/c1-40(2)22-19-25-12-15-28(16-13-25)37-35-36-20-18-29(38-35)34-33(39-32-11-7-8-21-41(32)34)27-14-17-30(31(23-27)42-3)43-24-26-9-5-4-6-10-26/h4-18,20-21,23H,19,22,24H2,1-3H3,(H,36,37,38). The van der Waals surface area contributed by atoms with Gasteiger partial charge in [0, 0.05) is 30.2 Å². The Morgan fingerprint density at radius 1 is 0.814 bits per heavy atom. The Bertz CT molecular complexity index is 1820. The topological polar surface area (TPSA) is 76.8 Å². The molecule has 8 nitrogen and oxygen atoms in total. The molecule has 8 heteroatoms. The highest BCUT2D eigenvalue weighted by Crippen LogP contribution is 2.37. The van der Waals surface area contributed by atoms with Crippen molar-refractivity contribution in [2.24, 2.45) is 0 Å². The summed E-state index contributed by atoms with van der Waals surface area (Å²) in [5.41, 5.74) is 7.41. The number of hydrogen-bond acceptors (Lipinski definition) is 7. The van der Waals surface area contributed by atoms with Crippen LogP contribution >= 0.6 is 0 Å². The average Bonchev–Trinajstić information content (AvgIpc) is 3.44. The highest BCUT2D eigenvalue weighted by Gasteiger charge is 2.19. The van der Waals surface area contributed by atoms with Gasteiger partial charge >= 0.3 is 0 Å². The van der Waals surface area contributed by atoms with Crippen LogP contribution < -0.4 is 14.8 Å². The third-order valence-corrected chi connectivity index (χ3v) is 7.16. The number of pyridine rings is 1. The number of anilines is 2. The van der Waals surface area contributed by atoms with E-state index in [0.29, 0.717) is 24.1 Å². The van der Waals surface area contributed by atoms with Crippen LogP contribution in [-0.4, -0.2) is 52.0 Å². The van der Waals surface area contributed by atoms with Crippen molar-refractivity contribution in [1.29, 1.82) is 0 Å². The number of fused-ring (bicyclic) bond motifs is 1. The number of ether oxygens (including phenoxy) is 2. The molecule has 3 aromatic carbocycles. The van der Waals surface area contributed by atoms with Gasteiger partial charge < -0.3 is 19.7 Å². The Kier molecular flexibility index (Phi) is 8.28. The Balaban J connectivity index is 1.31. The van der Waals surface area contributed by atoms with E-state index in [1.165, 1.54) is 5.56 Å². The molecule has 6 aromatic rings. The van der Waals surface area contributed by atoms with Crippen molar-refractivity contribution in [3.8, 4) is 34.1 Å². The lowest BCUT2D eigenvalue weighted by Gasteiger charge is -2.13. The van der Waals surface area contributed by atoms with E-state index in [2.05, 4.69) is 53.6 Å². The number of nitrogens with zero attached hydrogens (tertiary/aromatic N) is 5. The molecule has 3 aromatic heterocycles. The lowest BCUT2D eigenvalue weighted by atomic mass is 10.1. The van der Waals surface area contributed by atoms with Gasteiger partial charge in [-0.25, -0.2) is 15.0 Å². The molecule has 0 aliphatic carbocycles. The van der Waals surface area contributed by atoms with Gasteiger partial charge in [0.25, 0.3) is 0 Å². The van der Waals surface area contributed by atoms with Gasteiger partial charge in [0.15, 0.2) is 11.5 Å². The van der Waals surface area contributed by atoms with Crippen LogP contribution in [0.4, 0.5) is 11.6 Å². The first kappa shape index (κ1) is 27.9. The summed E-state index contributed by atoms with van der Waals surface area (Å²) in [6, 6.07) is 32.2. The molecule has 0 saturated carbocycles. The number of methoxy groups -OCH3 is 1. The van der Waals surface area contributed by atoms with Gasteiger partial charge in [-0.2, -0.15) is 0 Å². The van der Waals surface area contributed by atoms with Crippen molar-refractivity contribution in [2.75, 3.05) is 33.1 Å². The van der Waals surface area contributed by atoms with Crippen LogP contribution in [0.3, 0.4) is 0 Å². The summed E-state index contributed by atoms with van der Waals surface area (Å²) in [5, 5.41) is 3.36. The molecule has 1 N–H and O–H groups in total. The molecule has 6 rings (SSSR count). The summed E-state index contributed by atoms with van der Waals surface area (Å²) >= 11 is 0. The van der Waals surface area contributed by atoms with Gasteiger partial charge in [-0.15, -0.1) is 0 Å². The number of nitrogens with one attached hydrogen (secondary N) is 1. The van der Waals surface area contributed by atoms with E-state index in [1.54, 1.807) is 13.3 Å². The molecule has 0 radical (unpaired) electrons. The van der Waals surface area contributed by atoms with Gasteiger partial charge in [-0.3, -0.25) is 4.40 Å². The monoisotopic (exact) mass is 570 g/mol. The van der Waals surface area contributed by atoms with Crippen LogP contribution in [0.2, 0.25) is 0 Å². The van der Waals surface area contributed by atoms with Crippen LogP contribution in [0.15, 0.2) is 109 Å². The predicted octanol–water partition coefficient (Wildman–Crippen LogP) is 6.89. The van der Waals surface area contributed by atoms with Crippen molar-refractivity contribution in [3.05, 3.63) is 121 Å². The molecule has 0 fully saturated rings. The normalized spacial score (nSPS) is 11.2. The maximum atomic E-state index is 6.10. The Labute approximate surface area is 251 Å². The quantitative estimate of drug-likeness (QED) is 0.182. The fourth-order valence-corrected chi connectivity index (χ4v) is 4.90. The van der Waals surface area contributed by atoms with Crippen molar-refractivity contribution in [2.45, 2.75) is 13.0 Å². The molecule has 0 unspecified atom stereocenters. The first-order chi connectivity index (χ1) is 21.1. The van der Waals surface area contributed by atoms with E-state index < -0.39 is 0 Å². The average molecular weight is 571 g/mol. The molecule has 216 valence electrons. The van der Waals surface area contributed by atoms with Crippen LogP contribution in [0.1, 0.15) is 11.1 Å². The third-order valence-electron chi connectivity index (χ3n) is 7.16. The summed E-state index contributed by atoms with van der Waals surface area (Å²) in [5.74, 6) is 1.81. The van der Waals surface area contributed by atoms with Gasteiger partial charge in [0.1, 0.15) is 12.3 Å². The lowest BCUT2D eigenvalue weighted by Crippen LogP contribution is -2.14. The molecule has 0 amide bonds. The fourth-order valence-electron chi connectivity index (χ4n) is 4.90. The number of imidazole rings is 1. The maximum absolute atomic E-state index is 6.10. The van der Waals surface area contributed by atoms with Crippen molar-refractivity contribution >= 4 is 17.3 Å². The third kappa shape index (κ3) is 6.50. The van der Waals surface area contributed by atoms with Gasteiger partial charge in [0.05, 0.1) is 24.2 Å². The number of hydrogen-bond donors (Lipinski definition) is 1. The Morgan fingerprint density at radius 2 is 1.63 bits per heavy atom. The first-order valence-electron chi connectivity index (χ1n) is 14.2. The largest absolute Gasteiger partial charge is 0.493 e. The Hall–Kier alpha value is -5.21. The number of rotatable bonds is 11. The molecule has 0 saturated heterocycles. The maximum Gasteiger partial charge on any atom is 0.227 e. The number of benzene rings is 3. The fraction of sp³-hybridized carbons (Fsp3) is 0.171. The van der Waals surface area contributed by atoms with Gasteiger partial charge in [-0.1, -0.05) is 48.5 Å². The molecule has 0 atom stereocenters. The van der Waals surface area contributed by atoms with E-state index in [9.17, 15) is 0 Å². The molecule has 0 spiro atoms. The minimum Gasteiger partial charge on any atom is -0.493 e. The van der Waals surface area contributed by atoms with Crippen molar-refractivity contribution < 1.29 is 9.47 Å². The van der Waals surface area contributed by atoms with Crippen LogP contribution in [-0.2, 0) is 13.0 Å². The zero-order chi connectivity index (χ0) is 29.6. The van der Waals surface area contributed by atoms with Crippen LogP contribution in [0.5, 0.6) is 11.5 Å². The Morgan fingerprint density at radius 3 is 2.42 bits per heavy atom. The minimum absolute atomic E-state index is 0.450. The summed E-state index contributed by atoms with van der Waals surface area (Å²) in [6.45, 7) is 1.46. The van der Waals surface area contributed by atoms with E-state index >= 15 is 0 Å². The van der Waals surface area contributed by atoms with Gasteiger partial charge in [0.2, 0.25) is 5.95 Å². The zero-order valence-electron chi connectivity index (χ0n) is 24.6. The smallest absolute Gasteiger partial charge is 0.227 e. The van der Waals surface area contributed by atoms with Gasteiger partial charge in [-0.05, 0) is 80.2 Å². The van der Waals surface area contributed by atoms with E-state index in [1.807, 2.05) is 83.4 Å². The minimum atomic E-state index is 0.450. The summed E-state index contributed by atoms with van der Waals surface area (Å²) < 4.78 is 13.9. The summed E-state index contributed by atoms with van der Waals surface area (Å²) in [6.07, 6.45) is 4.77. The molecule has 0 aliphatic rings. The molecule has 43 heavy (non-hydrogen) atoms. The van der Waals surface area contributed by atoms with Crippen molar-refractivity contribution in [3.63, 3.8) is 0 Å². The zero-order valence-corrected chi connectivity index (χ0v) is 24.6. The number of likely N-dealkylation sites (N-methyl/N-ethyl adjacent to an activating group) is 1. The lowest BCUT2D eigenvalue weighted by molar-refractivity contribution is 0.284. The molecule has 0 aliphatic heterocycles. The SMILES string of the molecule is COc1cc(-c2nc3ccccn3c2-c2ccnc(Nc3ccc(CCN(C)C)cc3)n2)ccc1OCc1ccccc1. The first-order valence-corrected chi connectivity index (χ1v) is 14.2. The molecule has 0 bridgehead atoms. The second-order valence-electron chi connectivity index (χ2n) is 10.5. The highest BCUT2D eigenvalue weighted by molar-refractivity contribution is 5.82. The van der Waals surface area contributed by atoms with E-state index in [0.717, 1.165) is 52.5 Å². The van der Waals surface area contributed by atoms with Crippen molar-refractivity contribution in [1.82, 2.24) is 24.3 Å². The molecular weight excluding hydrogens is 536 g/mol. The van der Waals surface area contributed by atoms with E-state index in [4.69, 9.17) is 19.4 Å².